The van der Waals surface area contributed by atoms with Crippen LogP contribution in [0.1, 0.15) is 30.9 Å². The first kappa shape index (κ1) is 23.5. The van der Waals surface area contributed by atoms with Crippen LogP contribution in [0, 0.1) is 0 Å². The van der Waals surface area contributed by atoms with E-state index in [-0.39, 0.29) is 24.0 Å². The number of halogens is 1. The number of likely N-dealkylation sites (tertiary alicyclic amines) is 1. The monoisotopic (exact) mass is 532 g/mol. The molecular weight excluding hydrogens is 499 g/mol. The van der Waals surface area contributed by atoms with E-state index in [0.29, 0.717) is 6.04 Å². The fourth-order valence-corrected chi connectivity index (χ4v) is 4.26. The highest BCUT2D eigenvalue weighted by Gasteiger charge is 2.22. The van der Waals surface area contributed by atoms with E-state index in [0.717, 1.165) is 37.7 Å². The summed E-state index contributed by atoms with van der Waals surface area (Å²) < 4.78 is 2.19. The minimum Gasteiger partial charge on any atom is -0.355 e. The average Bonchev–Trinajstić information content (AvgIpc) is 3.42. The smallest absolute Gasteiger partial charge is 0.191 e. The van der Waals surface area contributed by atoms with E-state index >= 15 is 0 Å². The van der Waals surface area contributed by atoms with E-state index in [1.54, 1.807) is 0 Å². The Labute approximate surface area is 202 Å². The van der Waals surface area contributed by atoms with Gasteiger partial charge in [-0.25, -0.2) is 4.98 Å². The lowest BCUT2D eigenvalue weighted by atomic mass is 10.1. The molecule has 0 saturated carbocycles. The molecule has 2 heterocycles. The molecule has 0 amide bonds. The number of nitrogens with one attached hydrogen (secondary N) is 2. The largest absolute Gasteiger partial charge is 0.355 e. The SMILES string of the molecule is CCN1CCCC1CNC(=NC)NCc1ccc(Cn2cnc3ccccc32)cc1.I. The molecule has 1 unspecified atom stereocenters. The van der Waals surface area contributed by atoms with E-state index in [2.05, 4.69) is 73.4 Å². The Hall–Kier alpha value is -2.13. The summed E-state index contributed by atoms with van der Waals surface area (Å²) >= 11 is 0. The van der Waals surface area contributed by atoms with Gasteiger partial charge in [-0.2, -0.15) is 0 Å². The molecule has 31 heavy (non-hydrogen) atoms. The molecule has 166 valence electrons. The summed E-state index contributed by atoms with van der Waals surface area (Å²) in [6.45, 7) is 7.12. The van der Waals surface area contributed by atoms with Gasteiger partial charge in [0.1, 0.15) is 0 Å². The number of fused-ring (bicyclic) bond motifs is 1. The maximum Gasteiger partial charge on any atom is 0.191 e. The Bertz CT molecular complexity index is 981. The molecule has 1 aliphatic rings. The summed E-state index contributed by atoms with van der Waals surface area (Å²) in [6, 6.07) is 17.6. The van der Waals surface area contributed by atoms with E-state index in [4.69, 9.17) is 0 Å². The van der Waals surface area contributed by atoms with Crippen LogP contribution in [0.25, 0.3) is 11.0 Å². The molecule has 1 saturated heterocycles. The van der Waals surface area contributed by atoms with Crippen molar-refractivity contribution in [3.8, 4) is 0 Å². The summed E-state index contributed by atoms with van der Waals surface area (Å²) in [5.41, 5.74) is 4.72. The van der Waals surface area contributed by atoms with E-state index in [1.165, 1.54) is 36.0 Å². The van der Waals surface area contributed by atoms with Crippen molar-refractivity contribution < 1.29 is 0 Å². The Morgan fingerprint density at radius 2 is 1.87 bits per heavy atom. The van der Waals surface area contributed by atoms with Crippen molar-refractivity contribution in [3.05, 3.63) is 66.0 Å². The summed E-state index contributed by atoms with van der Waals surface area (Å²) in [6.07, 6.45) is 4.48. The number of aliphatic imine (C=N–C) groups is 1. The maximum absolute atomic E-state index is 4.48. The van der Waals surface area contributed by atoms with Gasteiger partial charge in [-0.05, 0) is 49.2 Å². The molecule has 2 N–H and O–H groups in total. The first-order valence-corrected chi connectivity index (χ1v) is 10.9. The molecule has 1 atom stereocenters. The van der Waals surface area contributed by atoms with Crippen molar-refractivity contribution in [2.75, 3.05) is 26.7 Å². The van der Waals surface area contributed by atoms with Gasteiger partial charge in [-0.1, -0.05) is 43.3 Å². The van der Waals surface area contributed by atoms with Crippen molar-refractivity contribution in [1.82, 2.24) is 25.1 Å². The van der Waals surface area contributed by atoms with Crippen molar-refractivity contribution in [2.24, 2.45) is 4.99 Å². The second kappa shape index (κ2) is 11.5. The fourth-order valence-electron chi connectivity index (χ4n) is 4.26. The third-order valence-corrected chi connectivity index (χ3v) is 6.00. The molecule has 0 bridgehead atoms. The lowest BCUT2D eigenvalue weighted by Gasteiger charge is -2.24. The molecule has 6 nitrogen and oxygen atoms in total. The number of para-hydroxylation sites is 2. The number of hydrogen-bond acceptors (Lipinski definition) is 3. The Morgan fingerprint density at radius 3 is 2.65 bits per heavy atom. The number of hydrogen-bond donors (Lipinski definition) is 2. The Morgan fingerprint density at radius 1 is 1.10 bits per heavy atom. The van der Waals surface area contributed by atoms with Gasteiger partial charge in [0.05, 0.1) is 17.4 Å². The third kappa shape index (κ3) is 5.98. The Kier molecular flexibility index (Phi) is 8.71. The fraction of sp³-hybridized carbons (Fsp3) is 0.417. The third-order valence-electron chi connectivity index (χ3n) is 6.00. The molecule has 7 heteroatoms. The summed E-state index contributed by atoms with van der Waals surface area (Å²) in [7, 11) is 1.83. The topological polar surface area (TPSA) is 57.5 Å². The molecule has 1 fully saturated rings. The van der Waals surface area contributed by atoms with Gasteiger partial charge in [-0.15, -0.1) is 24.0 Å². The predicted octanol–water partition coefficient (Wildman–Crippen LogP) is 3.85. The van der Waals surface area contributed by atoms with Crippen LogP contribution >= 0.6 is 24.0 Å². The average molecular weight is 532 g/mol. The lowest BCUT2D eigenvalue weighted by molar-refractivity contribution is 0.267. The highest BCUT2D eigenvalue weighted by molar-refractivity contribution is 14.0. The molecule has 2 aromatic carbocycles. The van der Waals surface area contributed by atoms with Gasteiger partial charge in [0.15, 0.2) is 5.96 Å². The Balaban J connectivity index is 0.00000272. The molecule has 4 rings (SSSR count). The summed E-state index contributed by atoms with van der Waals surface area (Å²) in [4.78, 5) is 11.4. The number of guanidine groups is 1. The number of benzene rings is 2. The normalized spacial score (nSPS) is 17.0. The van der Waals surface area contributed by atoms with Crippen LogP contribution in [0.2, 0.25) is 0 Å². The van der Waals surface area contributed by atoms with Gasteiger partial charge in [0.25, 0.3) is 0 Å². The van der Waals surface area contributed by atoms with Crippen molar-refractivity contribution in [1.29, 1.82) is 0 Å². The molecule has 0 spiro atoms. The highest BCUT2D eigenvalue weighted by Crippen LogP contribution is 2.16. The van der Waals surface area contributed by atoms with Crippen LogP contribution in [0.4, 0.5) is 0 Å². The van der Waals surface area contributed by atoms with Gasteiger partial charge in [0.2, 0.25) is 0 Å². The van der Waals surface area contributed by atoms with Crippen LogP contribution in [-0.4, -0.2) is 53.1 Å². The molecule has 1 aliphatic heterocycles. The zero-order valence-electron chi connectivity index (χ0n) is 18.4. The predicted molar refractivity (Wildman–Crippen MR) is 139 cm³/mol. The summed E-state index contributed by atoms with van der Waals surface area (Å²) in [5.74, 6) is 0.868. The molecule has 0 radical (unpaired) electrons. The molecule has 0 aliphatic carbocycles. The van der Waals surface area contributed by atoms with Crippen LogP contribution in [0.15, 0.2) is 59.9 Å². The number of aromatic nitrogens is 2. The van der Waals surface area contributed by atoms with Gasteiger partial charge in [0, 0.05) is 32.7 Å². The van der Waals surface area contributed by atoms with Gasteiger partial charge in [-0.3, -0.25) is 9.89 Å². The van der Waals surface area contributed by atoms with Crippen molar-refractivity contribution in [2.45, 2.75) is 38.9 Å². The number of likely N-dealkylation sites (N-methyl/N-ethyl adjacent to an activating group) is 1. The molecule has 1 aromatic heterocycles. The first-order valence-electron chi connectivity index (χ1n) is 10.9. The standard InChI is InChI=1S/C24H32N6.HI/c1-3-29-14-6-7-21(29)16-27-24(25-2)26-15-19-10-12-20(13-11-19)17-30-18-28-22-8-4-5-9-23(22)30;/h4-5,8-13,18,21H,3,6-7,14-17H2,1-2H3,(H2,25,26,27);1H. The van der Waals surface area contributed by atoms with Crippen LogP contribution < -0.4 is 10.6 Å². The first-order chi connectivity index (χ1) is 14.8. The van der Waals surface area contributed by atoms with E-state index < -0.39 is 0 Å². The van der Waals surface area contributed by atoms with Crippen LogP contribution in [0.3, 0.4) is 0 Å². The van der Waals surface area contributed by atoms with Gasteiger partial charge >= 0.3 is 0 Å². The second-order valence-electron chi connectivity index (χ2n) is 7.91. The van der Waals surface area contributed by atoms with Crippen LogP contribution in [0.5, 0.6) is 0 Å². The quantitative estimate of drug-likeness (QED) is 0.276. The van der Waals surface area contributed by atoms with Gasteiger partial charge < -0.3 is 15.2 Å². The number of nitrogens with zero attached hydrogens (tertiary/aromatic N) is 4. The van der Waals surface area contributed by atoms with Crippen molar-refractivity contribution in [3.63, 3.8) is 0 Å². The maximum atomic E-state index is 4.48. The number of imidazole rings is 1. The summed E-state index contributed by atoms with van der Waals surface area (Å²) in [5, 5.41) is 6.93. The molecule has 3 aromatic rings. The highest BCUT2D eigenvalue weighted by atomic mass is 127. The minimum atomic E-state index is 0. The van der Waals surface area contributed by atoms with E-state index in [1.807, 2.05) is 25.5 Å². The van der Waals surface area contributed by atoms with E-state index in [9.17, 15) is 0 Å². The van der Waals surface area contributed by atoms with Crippen LogP contribution in [-0.2, 0) is 13.1 Å². The zero-order valence-corrected chi connectivity index (χ0v) is 20.8. The number of rotatable bonds is 7. The molecular formula is C24H33IN6. The van der Waals surface area contributed by atoms with Crippen molar-refractivity contribution >= 4 is 41.0 Å². The second-order valence-corrected chi connectivity index (χ2v) is 7.91. The zero-order chi connectivity index (χ0) is 20.8. The lowest BCUT2D eigenvalue weighted by Crippen LogP contribution is -2.44. The minimum absolute atomic E-state index is 0.